The number of nitrogens with zero attached hydrogens (tertiary/aromatic N) is 2. The zero-order chi connectivity index (χ0) is 14.8. The van der Waals surface area contributed by atoms with Gasteiger partial charge in [-0.2, -0.15) is 4.31 Å². The second-order valence-electron chi connectivity index (χ2n) is 4.28. The number of sulfonamides is 1. The van der Waals surface area contributed by atoms with Crippen molar-refractivity contribution >= 4 is 31.9 Å². The van der Waals surface area contributed by atoms with E-state index in [2.05, 4.69) is 20.9 Å². The van der Waals surface area contributed by atoms with Crippen LogP contribution in [-0.4, -0.2) is 54.6 Å². The summed E-state index contributed by atoms with van der Waals surface area (Å²) in [5, 5.41) is 8.87. The van der Waals surface area contributed by atoms with Crippen LogP contribution in [0.1, 0.15) is 6.42 Å². The molecule has 110 valence electrons. The van der Waals surface area contributed by atoms with E-state index in [0.717, 1.165) is 0 Å². The Bertz CT molecular complexity index is 607. The van der Waals surface area contributed by atoms with Gasteiger partial charge in [-0.1, -0.05) is 0 Å². The van der Waals surface area contributed by atoms with Gasteiger partial charge < -0.3 is 9.84 Å². The van der Waals surface area contributed by atoms with Crippen molar-refractivity contribution in [3.63, 3.8) is 0 Å². The van der Waals surface area contributed by atoms with E-state index in [9.17, 15) is 13.2 Å². The van der Waals surface area contributed by atoms with E-state index in [1.165, 1.54) is 22.8 Å². The minimum Gasteiger partial charge on any atom is -0.481 e. The molecule has 0 aromatic carbocycles. The van der Waals surface area contributed by atoms with E-state index in [-0.39, 0.29) is 31.1 Å². The predicted octanol–water partition coefficient (Wildman–Crippen LogP) is 0.708. The van der Waals surface area contributed by atoms with Crippen molar-refractivity contribution in [1.82, 2.24) is 9.29 Å². The second kappa shape index (κ2) is 6.17. The van der Waals surface area contributed by atoms with Gasteiger partial charge in [0.05, 0.1) is 25.7 Å². The number of aliphatic carboxylic acids is 1. The Morgan fingerprint density at radius 3 is 2.95 bits per heavy atom. The summed E-state index contributed by atoms with van der Waals surface area (Å²) in [6.07, 6.45) is 2.43. The number of pyridine rings is 1. The maximum absolute atomic E-state index is 12.5. The maximum atomic E-state index is 12.5. The number of hydrogen-bond donors (Lipinski definition) is 1. The van der Waals surface area contributed by atoms with Gasteiger partial charge >= 0.3 is 5.97 Å². The largest absolute Gasteiger partial charge is 0.481 e. The molecule has 1 aromatic heterocycles. The highest BCUT2D eigenvalue weighted by Crippen LogP contribution is 2.23. The van der Waals surface area contributed by atoms with Gasteiger partial charge in [-0.15, -0.1) is 0 Å². The maximum Gasteiger partial charge on any atom is 0.305 e. The van der Waals surface area contributed by atoms with E-state index in [1.54, 1.807) is 0 Å². The molecule has 0 amide bonds. The lowest BCUT2D eigenvalue weighted by atomic mass is 10.2. The van der Waals surface area contributed by atoms with Gasteiger partial charge in [0, 0.05) is 23.4 Å². The molecule has 1 fully saturated rings. The normalized spacial score (nSPS) is 20.8. The first-order valence-corrected chi connectivity index (χ1v) is 8.06. The van der Waals surface area contributed by atoms with Gasteiger partial charge in [0.2, 0.25) is 10.0 Å². The van der Waals surface area contributed by atoms with E-state index in [1.807, 2.05) is 0 Å². The van der Waals surface area contributed by atoms with E-state index in [0.29, 0.717) is 4.47 Å². The predicted molar refractivity (Wildman–Crippen MR) is 72.7 cm³/mol. The van der Waals surface area contributed by atoms with E-state index < -0.39 is 22.0 Å². The molecule has 0 aliphatic carbocycles. The summed E-state index contributed by atoms with van der Waals surface area (Å²) in [5.74, 6) is -1.06. The Hall–Kier alpha value is -1.03. The molecular weight excluding hydrogens is 352 g/mol. The average molecular weight is 365 g/mol. The lowest BCUT2D eigenvalue weighted by Gasteiger charge is -2.33. The third kappa shape index (κ3) is 3.35. The van der Waals surface area contributed by atoms with Crippen LogP contribution in [0.15, 0.2) is 27.8 Å². The van der Waals surface area contributed by atoms with Gasteiger partial charge in [0.1, 0.15) is 4.90 Å². The standard InChI is InChI=1S/C11H13BrN2O5S/c12-8-3-10(6-13-5-8)20(17,18)14-1-2-19-7-9(14)4-11(15)16/h3,5-6,9H,1-2,4,7H2,(H,15,16). The van der Waals surface area contributed by atoms with Gasteiger partial charge in [0.25, 0.3) is 0 Å². The third-order valence-electron chi connectivity index (χ3n) is 2.87. The number of aromatic nitrogens is 1. The first kappa shape index (κ1) is 15.4. The quantitative estimate of drug-likeness (QED) is 0.844. The fourth-order valence-corrected chi connectivity index (χ4v) is 4.09. The van der Waals surface area contributed by atoms with Crippen LogP contribution < -0.4 is 0 Å². The Morgan fingerprint density at radius 2 is 2.30 bits per heavy atom. The molecule has 0 saturated carbocycles. The number of carboxylic acid groups (broad SMARTS) is 1. The number of rotatable bonds is 4. The fourth-order valence-electron chi connectivity index (χ4n) is 1.99. The molecule has 1 aliphatic heterocycles. The molecule has 0 spiro atoms. The number of ether oxygens (including phenoxy) is 1. The summed E-state index contributed by atoms with van der Waals surface area (Å²) >= 11 is 3.17. The number of carboxylic acids is 1. The Kier molecular flexibility index (Phi) is 4.74. The van der Waals surface area contributed by atoms with Gasteiger partial charge in [0.15, 0.2) is 0 Å². The summed E-state index contributed by atoms with van der Waals surface area (Å²) in [7, 11) is -3.78. The summed E-state index contributed by atoms with van der Waals surface area (Å²) in [5.41, 5.74) is 0. The van der Waals surface area contributed by atoms with Crippen LogP contribution in [0.4, 0.5) is 0 Å². The molecule has 1 aliphatic rings. The highest BCUT2D eigenvalue weighted by molar-refractivity contribution is 9.10. The van der Waals surface area contributed by atoms with Crippen LogP contribution in [0.3, 0.4) is 0 Å². The number of morpholine rings is 1. The Morgan fingerprint density at radius 1 is 1.55 bits per heavy atom. The number of hydrogen-bond acceptors (Lipinski definition) is 5. The van der Waals surface area contributed by atoms with Crippen molar-refractivity contribution in [2.75, 3.05) is 19.8 Å². The lowest BCUT2D eigenvalue weighted by molar-refractivity contribution is -0.139. The molecular formula is C11H13BrN2O5S. The summed E-state index contributed by atoms with van der Waals surface area (Å²) in [6.45, 7) is 0.455. The Labute approximate surface area is 124 Å². The van der Waals surface area contributed by atoms with Crippen molar-refractivity contribution in [1.29, 1.82) is 0 Å². The van der Waals surface area contributed by atoms with Crippen molar-refractivity contribution in [3.05, 3.63) is 22.9 Å². The summed E-state index contributed by atoms with van der Waals surface area (Å²) in [4.78, 5) is 14.7. The van der Waals surface area contributed by atoms with Crippen molar-refractivity contribution < 1.29 is 23.1 Å². The first-order valence-electron chi connectivity index (χ1n) is 5.83. The van der Waals surface area contributed by atoms with Crippen molar-refractivity contribution in [2.45, 2.75) is 17.4 Å². The summed E-state index contributed by atoms with van der Waals surface area (Å²) in [6, 6.07) is 0.737. The van der Waals surface area contributed by atoms with Gasteiger partial charge in [-0.25, -0.2) is 8.42 Å². The van der Waals surface area contributed by atoms with Gasteiger partial charge in [-0.05, 0) is 22.0 Å². The molecule has 0 radical (unpaired) electrons. The molecule has 1 saturated heterocycles. The minimum absolute atomic E-state index is 0.0316. The number of carbonyl (C=O) groups is 1. The summed E-state index contributed by atoms with van der Waals surface area (Å²) < 4.78 is 32.0. The molecule has 7 nitrogen and oxygen atoms in total. The molecule has 1 aromatic rings. The molecule has 2 heterocycles. The first-order chi connectivity index (χ1) is 9.41. The fraction of sp³-hybridized carbons (Fsp3) is 0.455. The van der Waals surface area contributed by atoms with Crippen molar-refractivity contribution in [2.24, 2.45) is 0 Å². The van der Waals surface area contributed by atoms with E-state index >= 15 is 0 Å². The monoisotopic (exact) mass is 364 g/mol. The smallest absolute Gasteiger partial charge is 0.305 e. The molecule has 1 N–H and O–H groups in total. The molecule has 9 heteroatoms. The van der Waals surface area contributed by atoms with Crippen molar-refractivity contribution in [3.8, 4) is 0 Å². The zero-order valence-corrected chi connectivity index (χ0v) is 12.8. The molecule has 1 atom stereocenters. The Balaban J connectivity index is 2.33. The van der Waals surface area contributed by atoms with Crippen LogP contribution in [0, 0.1) is 0 Å². The average Bonchev–Trinajstić information content (AvgIpc) is 2.38. The topological polar surface area (TPSA) is 96.8 Å². The minimum atomic E-state index is -3.78. The zero-order valence-electron chi connectivity index (χ0n) is 10.4. The van der Waals surface area contributed by atoms with Crippen LogP contribution in [0.25, 0.3) is 0 Å². The third-order valence-corrected chi connectivity index (χ3v) is 5.22. The molecule has 1 unspecified atom stereocenters. The second-order valence-corrected chi connectivity index (χ2v) is 7.09. The molecule has 20 heavy (non-hydrogen) atoms. The highest BCUT2D eigenvalue weighted by Gasteiger charge is 2.35. The molecule has 2 rings (SSSR count). The lowest BCUT2D eigenvalue weighted by Crippen LogP contribution is -2.49. The molecule has 0 bridgehead atoms. The number of halogens is 1. The van der Waals surface area contributed by atoms with E-state index in [4.69, 9.17) is 9.84 Å². The SMILES string of the molecule is O=C(O)CC1COCCN1S(=O)(=O)c1cncc(Br)c1. The van der Waals surface area contributed by atoms with Gasteiger partial charge in [-0.3, -0.25) is 9.78 Å². The van der Waals surface area contributed by atoms with Crippen LogP contribution in [-0.2, 0) is 19.6 Å². The van der Waals surface area contributed by atoms with Crippen LogP contribution in [0.2, 0.25) is 0 Å². The van der Waals surface area contributed by atoms with Crippen LogP contribution in [0.5, 0.6) is 0 Å². The highest BCUT2D eigenvalue weighted by atomic mass is 79.9. The van der Waals surface area contributed by atoms with Crippen LogP contribution >= 0.6 is 15.9 Å².